The fraction of sp³-hybridized carbons (Fsp3) is 0. The third-order valence-corrected chi connectivity index (χ3v) is 17.0. The monoisotopic (exact) mass is 1150 g/mol. The summed E-state index contributed by atoms with van der Waals surface area (Å²) in [5.41, 5.74) is 23.0. The molecule has 0 radical (unpaired) electrons. The second-order valence-electron chi connectivity index (χ2n) is 22.4. The van der Waals surface area contributed by atoms with Crippen LogP contribution in [-0.2, 0) is 0 Å². The van der Waals surface area contributed by atoms with E-state index in [4.69, 9.17) is 26.5 Å². The summed E-state index contributed by atoms with van der Waals surface area (Å²) >= 11 is 0. The Labute approximate surface area is 519 Å². The molecule has 0 fully saturated rings. The van der Waals surface area contributed by atoms with Crippen molar-refractivity contribution in [3.8, 4) is 118 Å². The molecular weight excluding hydrogens is 1100 g/mol. The van der Waals surface area contributed by atoms with E-state index in [2.05, 4.69) is 214 Å². The highest BCUT2D eigenvalue weighted by molar-refractivity contribution is 6.14. The fourth-order valence-electron chi connectivity index (χ4n) is 12.7. The van der Waals surface area contributed by atoms with Crippen molar-refractivity contribution >= 4 is 49.3 Å². The highest BCUT2D eigenvalue weighted by Crippen LogP contribution is 2.46. The summed E-state index contributed by atoms with van der Waals surface area (Å²) in [6.45, 7) is 8.95. The van der Waals surface area contributed by atoms with Gasteiger partial charge in [-0.25, -0.2) is 19.8 Å². The topological polar surface area (TPSA) is 89.6 Å². The van der Waals surface area contributed by atoms with Gasteiger partial charge in [0.1, 0.15) is 0 Å². The first-order valence-corrected chi connectivity index (χ1v) is 29.8. The first-order chi connectivity index (χ1) is 44.5. The minimum absolute atomic E-state index is 0.440. The number of fused-ring (bicyclic) bond motifs is 6. The molecule has 0 N–H and O–H groups in total. The van der Waals surface area contributed by atoms with Crippen LogP contribution in [0.4, 0.5) is 5.69 Å². The van der Waals surface area contributed by atoms with Crippen LogP contribution in [0.25, 0.3) is 161 Å². The van der Waals surface area contributed by atoms with Crippen molar-refractivity contribution in [2.75, 3.05) is 0 Å². The normalized spacial score (nSPS) is 11.3. The maximum absolute atomic E-state index is 10.3. The van der Waals surface area contributed by atoms with Gasteiger partial charge in [0.2, 0.25) is 0 Å². The highest BCUT2D eigenvalue weighted by atomic mass is 15.1. The average molecular weight is 1150 g/mol. The third-order valence-electron chi connectivity index (χ3n) is 17.0. The van der Waals surface area contributed by atoms with Crippen LogP contribution in [0, 0.1) is 17.9 Å². The van der Waals surface area contributed by atoms with Crippen LogP contribution >= 0.6 is 0 Å². The van der Waals surface area contributed by atoms with Crippen LogP contribution in [0.5, 0.6) is 0 Å². The molecule has 6 heterocycles. The summed E-state index contributed by atoms with van der Waals surface area (Å²) in [5, 5.41) is 14.3. The Hall–Kier alpha value is -12.6. The van der Waals surface area contributed by atoms with Gasteiger partial charge in [-0.15, -0.1) is 0 Å². The van der Waals surface area contributed by atoms with Crippen molar-refractivity contribution in [2.45, 2.75) is 0 Å². The molecule has 8 nitrogen and oxygen atoms in total. The average Bonchev–Trinajstić information content (AvgIpc) is 2.49. The van der Waals surface area contributed by atoms with Crippen LogP contribution < -0.4 is 0 Å². The lowest BCUT2D eigenvalue weighted by molar-refractivity contribution is 1.10. The van der Waals surface area contributed by atoms with E-state index in [0.717, 1.165) is 150 Å². The molecule has 0 atom stereocenters. The first-order valence-electron chi connectivity index (χ1n) is 29.8. The SMILES string of the molecule is [C-]#[N+]c1cc(-n2c3ccc(-c4cccc(-c5ccccc5)n4)cc3c3cc(-c4cccc(-c5ccccc5)n4)ccc32)c(-n2c3ccc(-c4ccc(-c5ccccc5)cn4)cc3c3cc(-c4cccc(-c5ccccc5)n4)ccc32)cc1-c1cccc(C#N)c1. The molecule has 10 aromatic carbocycles. The Morgan fingerprint density at radius 2 is 0.656 bits per heavy atom. The Morgan fingerprint density at radius 1 is 0.300 bits per heavy atom. The fourth-order valence-corrected chi connectivity index (χ4v) is 12.7. The quantitative estimate of drug-likeness (QED) is 0.120. The van der Waals surface area contributed by atoms with Crippen LogP contribution in [0.1, 0.15) is 5.56 Å². The molecule has 0 aliphatic heterocycles. The van der Waals surface area contributed by atoms with Crippen molar-refractivity contribution in [3.05, 3.63) is 320 Å². The number of hydrogen-bond donors (Lipinski definition) is 0. The maximum Gasteiger partial charge on any atom is 0.197 e. The molecule has 90 heavy (non-hydrogen) atoms. The lowest BCUT2D eigenvalue weighted by Gasteiger charge is -2.20. The van der Waals surface area contributed by atoms with Gasteiger partial charge in [0.15, 0.2) is 5.69 Å². The van der Waals surface area contributed by atoms with E-state index in [1.54, 1.807) is 6.07 Å². The van der Waals surface area contributed by atoms with Crippen molar-refractivity contribution < 1.29 is 0 Å². The summed E-state index contributed by atoms with van der Waals surface area (Å²) in [6, 6.07) is 104. The number of hydrogen-bond acceptors (Lipinski definition) is 5. The molecule has 0 aliphatic rings. The van der Waals surface area contributed by atoms with Crippen LogP contribution in [0.2, 0.25) is 0 Å². The molecule has 0 amide bonds. The standard InChI is InChI=1S/C82H50N8/c1-84-76-50-82(90-79-42-37-61(74-32-16-29-71(87-74)56-23-10-4-11-24-56)47-67(79)68-48-62(38-43-80(68)90)75-33-17-30-72(88-75)57-25-12-5-13-26-57)81(49-64(76)58-27-14-18-53(44-58)51-83)89-77-40-35-59(69-39-34-63(52-85-69)54-19-6-2-7-20-54)45-65(77)66-46-60(36-41-78(66)89)73-31-15-28-70(86-73)55-21-8-3-9-22-55/h2-50,52H. The molecule has 0 saturated carbocycles. The number of nitriles is 1. The number of aromatic nitrogens is 6. The molecule has 16 aromatic rings. The van der Waals surface area contributed by atoms with E-state index < -0.39 is 0 Å². The molecule has 0 bridgehead atoms. The number of nitrogens with zero attached hydrogens (tertiary/aromatic N) is 8. The molecule has 0 spiro atoms. The van der Waals surface area contributed by atoms with E-state index in [1.807, 2.05) is 103 Å². The van der Waals surface area contributed by atoms with Gasteiger partial charge < -0.3 is 9.13 Å². The summed E-state index contributed by atoms with van der Waals surface area (Å²) in [4.78, 5) is 25.1. The maximum atomic E-state index is 10.3. The Morgan fingerprint density at radius 3 is 1.04 bits per heavy atom. The van der Waals surface area contributed by atoms with Crippen LogP contribution in [0.15, 0.2) is 303 Å². The Kier molecular flexibility index (Phi) is 13.1. The van der Waals surface area contributed by atoms with Crippen molar-refractivity contribution in [1.29, 1.82) is 5.26 Å². The van der Waals surface area contributed by atoms with E-state index in [0.29, 0.717) is 16.8 Å². The Balaban J connectivity index is 0.963. The molecule has 0 aliphatic carbocycles. The van der Waals surface area contributed by atoms with Gasteiger partial charge in [-0.3, -0.25) is 4.98 Å². The number of rotatable bonds is 11. The van der Waals surface area contributed by atoms with E-state index in [9.17, 15) is 5.26 Å². The first kappa shape index (κ1) is 52.9. The van der Waals surface area contributed by atoms with Crippen molar-refractivity contribution in [1.82, 2.24) is 29.1 Å². The number of benzene rings is 10. The van der Waals surface area contributed by atoms with Gasteiger partial charge >= 0.3 is 0 Å². The minimum atomic E-state index is 0.440. The predicted molar refractivity (Wildman–Crippen MR) is 366 cm³/mol. The second-order valence-corrected chi connectivity index (χ2v) is 22.4. The number of pyridine rings is 4. The summed E-state index contributed by atoms with van der Waals surface area (Å²) < 4.78 is 4.66. The molecule has 0 unspecified atom stereocenters. The van der Waals surface area contributed by atoms with Gasteiger partial charge in [0.05, 0.1) is 91.5 Å². The zero-order chi connectivity index (χ0) is 60.1. The predicted octanol–water partition coefficient (Wildman–Crippen LogP) is 20.9. The third kappa shape index (κ3) is 9.51. The van der Waals surface area contributed by atoms with Gasteiger partial charge in [-0.05, 0) is 132 Å². The van der Waals surface area contributed by atoms with Gasteiger partial charge in [0, 0.05) is 72.2 Å². The lowest BCUT2D eigenvalue weighted by Crippen LogP contribution is -2.04. The highest BCUT2D eigenvalue weighted by Gasteiger charge is 2.25. The van der Waals surface area contributed by atoms with Crippen LogP contribution in [0.3, 0.4) is 0 Å². The molecule has 8 heteroatoms. The van der Waals surface area contributed by atoms with Gasteiger partial charge in [0.25, 0.3) is 0 Å². The molecule has 0 saturated heterocycles. The van der Waals surface area contributed by atoms with E-state index in [-0.39, 0.29) is 0 Å². The molecular formula is C82H50N8. The minimum Gasteiger partial charge on any atom is -0.308 e. The largest absolute Gasteiger partial charge is 0.308 e. The molecule has 16 rings (SSSR count). The summed E-state index contributed by atoms with van der Waals surface area (Å²) in [7, 11) is 0. The van der Waals surface area contributed by atoms with Crippen molar-refractivity contribution in [2.24, 2.45) is 0 Å². The van der Waals surface area contributed by atoms with E-state index >= 15 is 0 Å². The zero-order valence-corrected chi connectivity index (χ0v) is 48.4. The molecule has 418 valence electrons. The van der Waals surface area contributed by atoms with Gasteiger partial charge in [-0.1, -0.05) is 182 Å². The smallest absolute Gasteiger partial charge is 0.197 e. The lowest BCUT2D eigenvalue weighted by atomic mass is 9.99. The Bertz CT molecular complexity index is 5400. The van der Waals surface area contributed by atoms with Crippen molar-refractivity contribution in [3.63, 3.8) is 0 Å². The molecule has 6 aromatic heterocycles. The second kappa shape index (κ2) is 22.3. The summed E-state index contributed by atoms with van der Waals surface area (Å²) in [5.74, 6) is 0. The summed E-state index contributed by atoms with van der Waals surface area (Å²) in [6.07, 6.45) is 1.95. The van der Waals surface area contributed by atoms with E-state index in [1.165, 1.54) is 0 Å². The zero-order valence-electron chi connectivity index (χ0n) is 48.4. The van der Waals surface area contributed by atoms with Crippen LogP contribution in [-0.4, -0.2) is 29.1 Å². The van der Waals surface area contributed by atoms with Gasteiger partial charge in [-0.2, -0.15) is 5.26 Å².